The first-order valence-electron chi connectivity index (χ1n) is 8.57. The van der Waals surface area contributed by atoms with Gasteiger partial charge in [-0.25, -0.2) is 0 Å². The van der Waals surface area contributed by atoms with Crippen LogP contribution in [-0.4, -0.2) is 17.8 Å². The monoisotopic (exact) mass is 348 g/mol. The molecule has 3 aromatic rings. The highest BCUT2D eigenvalue weighted by atomic mass is 16.5. The van der Waals surface area contributed by atoms with Crippen molar-refractivity contribution in [2.24, 2.45) is 0 Å². The quantitative estimate of drug-likeness (QED) is 0.608. The average Bonchev–Trinajstić information content (AvgIpc) is 2.66. The van der Waals surface area contributed by atoms with Gasteiger partial charge in [0.2, 0.25) is 0 Å². The summed E-state index contributed by atoms with van der Waals surface area (Å²) in [5.74, 6) is 1.39. The molecule has 0 saturated carbocycles. The molecule has 0 aliphatic heterocycles. The number of hydrogen-bond donors (Lipinski definition) is 0. The zero-order valence-electron chi connectivity index (χ0n) is 14.6. The van der Waals surface area contributed by atoms with Gasteiger partial charge in [-0.05, 0) is 42.6 Å². The van der Waals surface area contributed by atoms with Crippen LogP contribution in [0, 0.1) is 11.3 Å². The van der Waals surface area contributed by atoms with Crippen LogP contribution in [0.2, 0.25) is 0 Å². The normalized spacial score (nSPS) is 10.6. The number of nitrogens with zero attached hydrogens (tertiary/aromatic N) is 2. The van der Waals surface area contributed by atoms with Gasteiger partial charge in [0.25, 0.3) is 5.56 Å². The minimum absolute atomic E-state index is 0.0890. The van der Waals surface area contributed by atoms with E-state index in [2.05, 4.69) is 6.07 Å². The molecule has 5 heteroatoms. The molecule has 0 atom stereocenters. The van der Waals surface area contributed by atoms with E-state index in [0.29, 0.717) is 31.1 Å². The Kier molecular flexibility index (Phi) is 5.67. The standard InChI is InChI=1S/C21H20N2O3/c1-2-25-13-12-23-20-15-19(26-18-6-4-3-5-7-18)9-8-16(20)14-17(10-11-22)21(23)24/h3-9,14-15H,2,10,12-13H2,1H3. The molecule has 0 aliphatic carbocycles. The van der Waals surface area contributed by atoms with Crippen molar-refractivity contribution in [3.05, 3.63) is 70.5 Å². The van der Waals surface area contributed by atoms with E-state index in [-0.39, 0.29) is 12.0 Å². The van der Waals surface area contributed by atoms with Crippen molar-refractivity contribution < 1.29 is 9.47 Å². The van der Waals surface area contributed by atoms with Crippen LogP contribution in [0.1, 0.15) is 12.5 Å². The Balaban J connectivity index is 2.05. The maximum atomic E-state index is 12.8. The van der Waals surface area contributed by atoms with Gasteiger partial charge in [-0.1, -0.05) is 18.2 Å². The van der Waals surface area contributed by atoms with Crippen LogP contribution in [0.5, 0.6) is 11.5 Å². The molecule has 0 saturated heterocycles. The van der Waals surface area contributed by atoms with Crippen LogP contribution in [0.25, 0.3) is 10.9 Å². The Morgan fingerprint density at radius 1 is 1.08 bits per heavy atom. The predicted molar refractivity (Wildman–Crippen MR) is 101 cm³/mol. The average molecular weight is 348 g/mol. The second-order valence-electron chi connectivity index (χ2n) is 5.79. The fourth-order valence-corrected chi connectivity index (χ4v) is 2.83. The van der Waals surface area contributed by atoms with E-state index in [0.717, 1.165) is 16.7 Å². The molecule has 0 bridgehead atoms. The molecule has 2 aromatic carbocycles. The summed E-state index contributed by atoms with van der Waals surface area (Å²) in [5, 5.41) is 9.88. The molecule has 0 spiro atoms. The first-order chi connectivity index (χ1) is 12.7. The number of nitriles is 1. The van der Waals surface area contributed by atoms with Gasteiger partial charge in [-0.3, -0.25) is 4.79 Å². The molecule has 5 nitrogen and oxygen atoms in total. The highest BCUT2D eigenvalue weighted by Crippen LogP contribution is 2.25. The second kappa shape index (κ2) is 8.32. The largest absolute Gasteiger partial charge is 0.457 e. The summed E-state index contributed by atoms with van der Waals surface area (Å²) in [6.07, 6.45) is 0.0890. The minimum atomic E-state index is -0.157. The minimum Gasteiger partial charge on any atom is -0.457 e. The first kappa shape index (κ1) is 17.7. The van der Waals surface area contributed by atoms with Gasteiger partial charge < -0.3 is 14.0 Å². The van der Waals surface area contributed by atoms with Crippen molar-refractivity contribution in [1.29, 1.82) is 5.26 Å². The zero-order chi connectivity index (χ0) is 18.4. The molecule has 0 amide bonds. The number of fused-ring (bicyclic) bond motifs is 1. The Bertz CT molecular complexity index is 988. The summed E-state index contributed by atoms with van der Waals surface area (Å²) < 4.78 is 13.0. The van der Waals surface area contributed by atoms with E-state index in [9.17, 15) is 4.79 Å². The highest BCUT2D eigenvalue weighted by Gasteiger charge is 2.11. The second-order valence-corrected chi connectivity index (χ2v) is 5.79. The fraction of sp³-hybridized carbons (Fsp3) is 0.238. The first-order valence-corrected chi connectivity index (χ1v) is 8.57. The summed E-state index contributed by atoms with van der Waals surface area (Å²) in [6, 6.07) is 19.0. The molecular weight excluding hydrogens is 328 g/mol. The summed E-state index contributed by atoms with van der Waals surface area (Å²) in [6.45, 7) is 3.37. The smallest absolute Gasteiger partial charge is 0.255 e. The van der Waals surface area contributed by atoms with E-state index in [1.807, 2.05) is 55.5 Å². The van der Waals surface area contributed by atoms with Crippen LogP contribution in [0.4, 0.5) is 0 Å². The third-order valence-electron chi connectivity index (χ3n) is 4.05. The summed E-state index contributed by atoms with van der Waals surface area (Å²) in [5.41, 5.74) is 1.11. The number of benzene rings is 2. The topological polar surface area (TPSA) is 64.2 Å². The molecule has 0 fully saturated rings. The molecule has 0 unspecified atom stereocenters. The predicted octanol–water partition coefficient (Wildman–Crippen LogP) is 3.90. The van der Waals surface area contributed by atoms with Crippen molar-refractivity contribution in [3.63, 3.8) is 0 Å². The molecule has 3 rings (SSSR count). The molecule has 0 aliphatic rings. The highest BCUT2D eigenvalue weighted by molar-refractivity contribution is 5.81. The third kappa shape index (κ3) is 3.93. The van der Waals surface area contributed by atoms with E-state index in [4.69, 9.17) is 14.7 Å². The lowest BCUT2D eigenvalue weighted by Crippen LogP contribution is -2.26. The lowest BCUT2D eigenvalue weighted by atomic mass is 10.1. The maximum absolute atomic E-state index is 12.8. The van der Waals surface area contributed by atoms with Crippen molar-refractivity contribution in [1.82, 2.24) is 4.57 Å². The maximum Gasteiger partial charge on any atom is 0.255 e. The number of para-hydroxylation sites is 1. The van der Waals surface area contributed by atoms with E-state index in [1.54, 1.807) is 10.6 Å². The van der Waals surface area contributed by atoms with Gasteiger partial charge in [0, 0.05) is 24.8 Å². The van der Waals surface area contributed by atoms with Crippen molar-refractivity contribution in [2.75, 3.05) is 13.2 Å². The SMILES string of the molecule is CCOCCn1c(=O)c(CC#N)cc2ccc(Oc3ccccc3)cc21. The van der Waals surface area contributed by atoms with Crippen LogP contribution >= 0.6 is 0 Å². The van der Waals surface area contributed by atoms with Gasteiger partial charge in [-0.15, -0.1) is 0 Å². The lowest BCUT2D eigenvalue weighted by Gasteiger charge is -2.14. The summed E-state index contributed by atoms with van der Waals surface area (Å²) >= 11 is 0. The number of pyridine rings is 1. The van der Waals surface area contributed by atoms with Gasteiger partial charge in [0.15, 0.2) is 0 Å². The summed E-state index contributed by atoms with van der Waals surface area (Å²) in [7, 11) is 0. The zero-order valence-corrected chi connectivity index (χ0v) is 14.6. The number of aromatic nitrogens is 1. The molecule has 1 aromatic heterocycles. The number of rotatable bonds is 7. The van der Waals surface area contributed by atoms with E-state index >= 15 is 0 Å². The van der Waals surface area contributed by atoms with E-state index in [1.165, 1.54) is 0 Å². The third-order valence-corrected chi connectivity index (χ3v) is 4.05. The van der Waals surface area contributed by atoms with Crippen molar-refractivity contribution in [2.45, 2.75) is 19.9 Å². The van der Waals surface area contributed by atoms with Gasteiger partial charge in [-0.2, -0.15) is 5.26 Å². The molecule has 0 N–H and O–H groups in total. The molecule has 0 radical (unpaired) electrons. The molecule has 132 valence electrons. The molecule has 26 heavy (non-hydrogen) atoms. The fourth-order valence-electron chi connectivity index (χ4n) is 2.83. The van der Waals surface area contributed by atoms with Crippen LogP contribution in [-0.2, 0) is 17.7 Å². The van der Waals surface area contributed by atoms with Gasteiger partial charge >= 0.3 is 0 Å². The van der Waals surface area contributed by atoms with Crippen LogP contribution < -0.4 is 10.3 Å². The van der Waals surface area contributed by atoms with Gasteiger partial charge in [0.05, 0.1) is 24.6 Å². The van der Waals surface area contributed by atoms with Crippen molar-refractivity contribution in [3.8, 4) is 17.6 Å². The van der Waals surface area contributed by atoms with Crippen molar-refractivity contribution >= 4 is 10.9 Å². The van der Waals surface area contributed by atoms with Crippen LogP contribution in [0.15, 0.2) is 59.4 Å². The van der Waals surface area contributed by atoms with E-state index < -0.39 is 0 Å². The Labute approximate surface area is 152 Å². The summed E-state index contributed by atoms with van der Waals surface area (Å²) in [4.78, 5) is 12.8. The Hall–Kier alpha value is -3.10. The lowest BCUT2D eigenvalue weighted by molar-refractivity contribution is 0.139. The molecular formula is C21H20N2O3. The van der Waals surface area contributed by atoms with Crippen LogP contribution in [0.3, 0.4) is 0 Å². The molecule has 1 heterocycles. The van der Waals surface area contributed by atoms with Gasteiger partial charge in [0.1, 0.15) is 11.5 Å². The number of hydrogen-bond acceptors (Lipinski definition) is 4. The number of ether oxygens (including phenoxy) is 2. The Morgan fingerprint density at radius 3 is 2.62 bits per heavy atom. The Morgan fingerprint density at radius 2 is 1.88 bits per heavy atom.